The second-order valence-electron chi connectivity index (χ2n) is 4.92. The maximum absolute atomic E-state index is 6.07. The van der Waals surface area contributed by atoms with Crippen molar-refractivity contribution in [2.24, 2.45) is 7.05 Å². The predicted molar refractivity (Wildman–Crippen MR) is 87.3 cm³/mol. The van der Waals surface area contributed by atoms with Crippen LogP contribution in [0.5, 0.6) is 0 Å². The standard InChI is InChI=1S/C15H17N5S/c1-19-9-8-17-12(19)10-20(2)15-13(14(16)18-21-15)11-6-4-3-5-7-11/h3-9H,10H2,1-2H3,(H2,16,18). The van der Waals surface area contributed by atoms with E-state index < -0.39 is 0 Å². The van der Waals surface area contributed by atoms with Gasteiger partial charge in [-0.1, -0.05) is 30.3 Å². The largest absolute Gasteiger partial charge is 0.382 e. The third kappa shape index (κ3) is 2.62. The maximum Gasteiger partial charge on any atom is 0.147 e. The highest BCUT2D eigenvalue weighted by atomic mass is 32.1. The molecule has 21 heavy (non-hydrogen) atoms. The highest BCUT2D eigenvalue weighted by Gasteiger charge is 2.17. The molecule has 6 heteroatoms. The van der Waals surface area contributed by atoms with Crippen molar-refractivity contribution in [1.29, 1.82) is 0 Å². The molecule has 0 saturated heterocycles. The minimum Gasteiger partial charge on any atom is -0.382 e. The number of nitrogens with two attached hydrogens (primary N) is 1. The first kappa shape index (κ1) is 13.6. The first-order valence-electron chi connectivity index (χ1n) is 6.64. The van der Waals surface area contributed by atoms with Crippen molar-refractivity contribution in [3.05, 3.63) is 48.5 Å². The highest BCUT2D eigenvalue weighted by molar-refractivity contribution is 7.11. The van der Waals surface area contributed by atoms with Crippen LogP contribution >= 0.6 is 11.5 Å². The summed E-state index contributed by atoms with van der Waals surface area (Å²) in [5.74, 6) is 1.58. The quantitative estimate of drug-likeness (QED) is 0.804. The molecule has 0 bridgehead atoms. The number of imidazole rings is 1. The molecule has 2 aromatic heterocycles. The van der Waals surface area contributed by atoms with Gasteiger partial charge in [0.2, 0.25) is 0 Å². The molecule has 0 amide bonds. The lowest BCUT2D eigenvalue weighted by Crippen LogP contribution is -2.18. The van der Waals surface area contributed by atoms with E-state index in [9.17, 15) is 0 Å². The molecule has 3 aromatic rings. The number of aryl methyl sites for hydroxylation is 1. The lowest BCUT2D eigenvalue weighted by Gasteiger charge is -2.18. The lowest BCUT2D eigenvalue weighted by atomic mass is 10.1. The zero-order valence-electron chi connectivity index (χ0n) is 12.0. The summed E-state index contributed by atoms with van der Waals surface area (Å²) in [6, 6.07) is 10.1. The second kappa shape index (κ2) is 5.57. The van der Waals surface area contributed by atoms with Crippen molar-refractivity contribution >= 4 is 22.4 Å². The van der Waals surface area contributed by atoms with Crippen molar-refractivity contribution in [2.45, 2.75) is 6.54 Å². The number of rotatable bonds is 4. The van der Waals surface area contributed by atoms with Crippen molar-refractivity contribution in [2.75, 3.05) is 17.7 Å². The van der Waals surface area contributed by atoms with Crippen LogP contribution < -0.4 is 10.6 Å². The van der Waals surface area contributed by atoms with Gasteiger partial charge in [0.05, 0.1) is 12.1 Å². The Labute approximate surface area is 127 Å². The number of hydrogen-bond donors (Lipinski definition) is 1. The SMILES string of the molecule is CN(Cc1nccn1C)c1snc(N)c1-c1ccccc1. The van der Waals surface area contributed by atoms with E-state index in [4.69, 9.17) is 5.73 Å². The van der Waals surface area contributed by atoms with Crippen LogP contribution in [-0.2, 0) is 13.6 Å². The predicted octanol–water partition coefficient (Wildman–Crippen LogP) is 2.76. The van der Waals surface area contributed by atoms with Crippen LogP contribution in [0.4, 0.5) is 10.8 Å². The molecular weight excluding hydrogens is 282 g/mol. The maximum atomic E-state index is 6.07. The molecule has 0 fully saturated rings. The van der Waals surface area contributed by atoms with E-state index in [2.05, 4.69) is 26.4 Å². The Morgan fingerprint density at radius 2 is 2.05 bits per heavy atom. The molecular formula is C15H17N5S. The molecule has 0 aliphatic heterocycles. The average Bonchev–Trinajstić information content (AvgIpc) is 3.06. The molecule has 0 atom stereocenters. The molecule has 2 N–H and O–H groups in total. The molecule has 0 saturated carbocycles. The minimum atomic E-state index is 0.577. The van der Waals surface area contributed by atoms with Gasteiger partial charge in [-0.05, 0) is 17.1 Å². The van der Waals surface area contributed by atoms with Gasteiger partial charge >= 0.3 is 0 Å². The Bertz CT molecular complexity index is 732. The summed E-state index contributed by atoms with van der Waals surface area (Å²) in [7, 11) is 4.03. The highest BCUT2D eigenvalue weighted by Crippen LogP contribution is 2.38. The molecule has 3 rings (SSSR count). The number of nitrogens with zero attached hydrogens (tertiary/aromatic N) is 4. The summed E-state index contributed by atoms with van der Waals surface area (Å²) in [4.78, 5) is 6.50. The first-order valence-corrected chi connectivity index (χ1v) is 7.42. The van der Waals surface area contributed by atoms with Gasteiger partial charge in [0, 0.05) is 26.5 Å². The van der Waals surface area contributed by atoms with Gasteiger partial charge in [-0.3, -0.25) is 0 Å². The molecule has 0 unspecified atom stereocenters. The topological polar surface area (TPSA) is 60.0 Å². The number of anilines is 2. The van der Waals surface area contributed by atoms with Crippen molar-refractivity contribution in [3.8, 4) is 11.1 Å². The summed E-state index contributed by atoms with van der Waals surface area (Å²) in [5.41, 5.74) is 8.15. The van der Waals surface area contributed by atoms with Crippen LogP contribution in [0.3, 0.4) is 0 Å². The van der Waals surface area contributed by atoms with E-state index in [1.807, 2.05) is 49.3 Å². The molecule has 0 aliphatic rings. The fourth-order valence-electron chi connectivity index (χ4n) is 2.26. The minimum absolute atomic E-state index is 0.577. The molecule has 108 valence electrons. The Kier molecular flexibility index (Phi) is 3.62. The number of nitrogen functional groups attached to an aromatic ring is 1. The van der Waals surface area contributed by atoms with Crippen LogP contribution in [0.15, 0.2) is 42.7 Å². The van der Waals surface area contributed by atoms with Gasteiger partial charge in [-0.2, -0.15) is 4.37 Å². The molecule has 0 aliphatic carbocycles. The van der Waals surface area contributed by atoms with E-state index in [1.165, 1.54) is 11.5 Å². The Morgan fingerprint density at radius 3 is 2.71 bits per heavy atom. The third-order valence-electron chi connectivity index (χ3n) is 3.41. The van der Waals surface area contributed by atoms with Crippen molar-refractivity contribution in [1.82, 2.24) is 13.9 Å². The van der Waals surface area contributed by atoms with E-state index in [1.54, 1.807) is 0 Å². The average molecular weight is 299 g/mol. The molecule has 5 nitrogen and oxygen atoms in total. The third-order valence-corrected chi connectivity index (χ3v) is 4.39. The van der Waals surface area contributed by atoms with E-state index in [0.717, 1.165) is 22.0 Å². The number of benzene rings is 1. The monoisotopic (exact) mass is 299 g/mol. The van der Waals surface area contributed by atoms with Gasteiger partial charge in [0.15, 0.2) is 0 Å². The molecule has 1 aromatic carbocycles. The van der Waals surface area contributed by atoms with Crippen LogP contribution in [0.25, 0.3) is 11.1 Å². The molecule has 2 heterocycles. The Morgan fingerprint density at radius 1 is 1.29 bits per heavy atom. The molecule has 0 radical (unpaired) electrons. The lowest BCUT2D eigenvalue weighted by molar-refractivity contribution is 0.765. The van der Waals surface area contributed by atoms with Gasteiger partial charge in [0.25, 0.3) is 0 Å². The van der Waals surface area contributed by atoms with Crippen LogP contribution in [0.2, 0.25) is 0 Å². The van der Waals surface area contributed by atoms with Gasteiger partial charge in [0.1, 0.15) is 16.6 Å². The smallest absolute Gasteiger partial charge is 0.147 e. The Hall–Kier alpha value is -2.34. The number of hydrogen-bond acceptors (Lipinski definition) is 5. The fourth-order valence-corrected chi connectivity index (χ4v) is 3.06. The van der Waals surface area contributed by atoms with Crippen LogP contribution in [-0.4, -0.2) is 21.0 Å². The summed E-state index contributed by atoms with van der Waals surface area (Å²) in [6.07, 6.45) is 3.75. The normalized spacial score (nSPS) is 10.8. The fraction of sp³-hybridized carbons (Fsp3) is 0.200. The van der Waals surface area contributed by atoms with Gasteiger partial charge in [-0.15, -0.1) is 0 Å². The number of aromatic nitrogens is 3. The Balaban J connectivity index is 1.94. The van der Waals surface area contributed by atoms with E-state index >= 15 is 0 Å². The van der Waals surface area contributed by atoms with E-state index in [-0.39, 0.29) is 0 Å². The van der Waals surface area contributed by atoms with Crippen molar-refractivity contribution in [3.63, 3.8) is 0 Å². The summed E-state index contributed by atoms with van der Waals surface area (Å²) in [5, 5.41) is 1.06. The first-order chi connectivity index (χ1) is 10.2. The zero-order valence-corrected chi connectivity index (χ0v) is 12.8. The summed E-state index contributed by atoms with van der Waals surface area (Å²) < 4.78 is 6.33. The van der Waals surface area contributed by atoms with Crippen LogP contribution in [0.1, 0.15) is 5.82 Å². The second-order valence-corrected chi connectivity index (χ2v) is 5.68. The summed E-state index contributed by atoms with van der Waals surface area (Å²) >= 11 is 1.42. The van der Waals surface area contributed by atoms with E-state index in [0.29, 0.717) is 12.4 Å². The van der Waals surface area contributed by atoms with Crippen LogP contribution in [0, 0.1) is 0 Å². The summed E-state index contributed by atoms with van der Waals surface area (Å²) in [6.45, 7) is 0.713. The zero-order chi connectivity index (χ0) is 14.8. The van der Waals surface area contributed by atoms with Crippen molar-refractivity contribution < 1.29 is 0 Å². The molecule has 0 spiro atoms. The van der Waals surface area contributed by atoms with Gasteiger partial charge in [-0.25, -0.2) is 4.98 Å². The van der Waals surface area contributed by atoms with Gasteiger partial charge < -0.3 is 15.2 Å².